The van der Waals surface area contributed by atoms with Crippen molar-refractivity contribution in [1.82, 2.24) is 15.0 Å². The van der Waals surface area contributed by atoms with Gasteiger partial charge in [0, 0.05) is 36.9 Å². The van der Waals surface area contributed by atoms with Crippen LogP contribution in [0.4, 0.5) is 0 Å². The standard InChI is InChI=1S/C31H18ClN3S/c32-31-34-29(20-10-2-1-3-11-20)33-30(35-31)24-18-17-19-9-4-5-12-21(19)27(24)23-14-8-16-26-28(23)22-13-6-7-15-25(22)36-26/h1-18H. The Hall–Kier alpha value is -4.12. The largest absolute Gasteiger partial charge is 0.226 e. The summed E-state index contributed by atoms with van der Waals surface area (Å²) >= 11 is 8.28. The topological polar surface area (TPSA) is 38.7 Å². The van der Waals surface area contributed by atoms with Crippen LogP contribution in [0.3, 0.4) is 0 Å². The molecule has 170 valence electrons. The first-order chi connectivity index (χ1) is 17.8. The second-order valence-corrected chi connectivity index (χ2v) is 10.0. The Morgan fingerprint density at radius 3 is 2.14 bits per heavy atom. The molecule has 0 N–H and O–H groups in total. The van der Waals surface area contributed by atoms with Crippen molar-refractivity contribution in [2.45, 2.75) is 0 Å². The van der Waals surface area contributed by atoms with Gasteiger partial charge in [-0.25, -0.2) is 4.98 Å². The second-order valence-electron chi connectivity index (χ2n) is 8.60. The summed E-state index contributed by atoms with van der Waals surface area (Å²) in [5, 5.41) is 4.99. The summed E-state index contributed by atoms with van der Waals surface area (Å²) in [6.07, 6.45) is 0. The summed E-state index contributed by atoms with van der Waals surface area (Å²) in [4.78, 5) is 13.9. The number of hydrogen-bond acceptors (Lipinski definition) is 4. The van der Waals surface area contributed by atoms with Crippen molar-refractivity contribution in [3.05, 3.63) is 114 Å². The maximum Gasteiger partial charge on any atom is 0.226 e. The number of halogens is 1. The average molecular weight is 500 g/mol. The summed E-state index contributed by atoms with van der Waals surface area (Å²) < 4.78 is 2.53. The molecule has 0 amide bonds. The van der Waals surface area contributed by atoms with Gasteiger partial charge in [0.25, 0.3) is 0 Å². The molecule has 2 aromatic heterocycles. The van der Waals surface area contributed by atoms with Crippen LogP contribution in [-0.2, 0) is 0 Å². The molecule has 3 nitrogen and oxygen atoms in total. The summed E-state index contributed by atoms with van der Waals surface area (Å²) in [7, 11) is 0. The molecule has 7 aromatic rings. The van der Waals surface area contributed by atoms with Gasteiger partial charge in [-0.1, -0.05) is 91.0 Å². The maximum absolute atomic E-state index is 6.46. The van der Waals surface area contributed by atoms with Crippen molar-refractivity contribution in [3.63, 3.8) is 0 Å². The molecule has 0 unspecified atom stereocenters. The molecule has 36 heavy (non-hydrogen) atoms. The van der Waals surface area contributed by atoms with Gasteiger partial charge in [-0.15, -0.1) is 11.3 Å². The minimum atomic E-state index is 0.178. The highest BCUT2D eigenvalue weighted by atomic mass is 35.5. The quantitative estimate of drug-likeness (QED) is 0.243. The van der Waals surface area contributed by atoms with Gasteiger partial charge in [0.2, 0.25) is 5.28 Å². The second kappa shape index (κ2) is 8.52. The fourth-order valence-corrected chi connectivity index (χ4v) is 6.21. The Bertz CT molecular complexity index is 1910. The summed E-state index contributed by atoms with van der Waals surface area (Å²) in [5.41, 5.74) is 4.09. The van der Waals surface area contributed by atoms with Crippen LogP contribution in [0.25, 0.3) is 64.8 Å². The fraction of sp³-hybridized carbons (Fsp3) is 0. The van der Waals surface area contributed by atoms with E-state index in [4.69, 9.17) is 16.6 Å². The molecule has 0 fully saturated rings. The average Bonchev–Trinajstić information content (AvgIpc) is 3.32. The van der Waals surface area contributed by atoms with E-state index in [2.05, 4.69) is 88.8 Å². The van der Waals surface area contributed by atoms with Gasteiger partial charge in [-0.2, -0.15) is 9.97 Å². The molecule has 5 aromatic carbocycles. The monoisotopic (exact) mass is 499 g/mol. The van der Waals surface area contributed by atoms with E-state index in [0.29, 0.717) is 11.6 Å². The number of rotatable bonds is 3. The lowest BCUT2D eigenvalue weighted by Gasteiger charge is -2.15. The molecule has 0 bridgehead atoms. The molecule has 0 spiro atoms. The number of nitrogens with zero attached hydrogens (tertiary/aromatic N) is 3. The van der Waals surface area contributed by atoms with Crippen LogP contribution in [-0.4, -0.2) is 15.0 Å². The SMILES string of the molecule is Clc1nc(-c2ccccc2)nc(-c2ccc3ccccc3c2-c2cccc3sc4ccccc4c23)n1. The molecule has 0 aliphatic rings. The van der Waals surface area contributed by atoms with Crippen molar-refractivity contribution in [2.75, 3.05) is 0 Å². The van der Waals surface area contributed by atoms with Crippen LogP contribution in [0, 0.1) is 0 Å². The molecular formula is C31H18ClN3S. The third kappa shape index (κ3) is 3.46. The number of benzene rings is 5. The van der Waals surface area contributed by atoms with Gasteiger partial charge in [0.1, 0.15) is 0 Å². The Balaban J connectivity index is 1.58. The molecule has 0 saturated carbocycles. The van der Waals surface area contributed by atoms with Crippen molar-refractivity contribution in [3.8, 4) is 33.9 Å². The molecule has 0 atom stereocenters. The van der Waals surface area contributed by atoms with E-state index >= 15 is 0 Å². The highest BCUT2D eigenvalue weighted by molar-refractivity contribution is 7.25. The summed E-state index contributed by atoms with van der Waals surface area (Å²) in [6.45, 7) is 0. The molecule has 5 heteroatoms. The van der Waals surface area contributed by atoms with Gasteiger partial charge in [-0.3, -0.25) is 0 Å². The molecule has 0 saturated heterocycles. The number of fused-ring (bicyclic) bond motifs is 4. The van der Waals surface area contributed by atoms with E-state index in [1.165, 1.54) is 20.2 Å². The van der Waals surface area contributed by atoms with E-state index in [1.807, 2.05) is 41.7 Å². The van der Waals surface area contributed by atoms with Crippen LogP contribution in [0.15, 0.2) is 109 Å². The van der Waals surface area contributed by atoms with Crippen molar-refractivity contribution >= 4 is 53.9 Å². The Morgan fingerprint density at radius 1 is 0.528 bits per heavy atom. The van der Waals surface area contributed by atoms with Crippen LogP contribution in [0.2, 0.25) is 5.28 Å². The fourth-order valence-electron chi connectivity index (χ4n) is 4.92. The lowest BCUT2D eigenvalue weighted by Crippen LogP contribution is -1.99. The highest BCUT2D eigenvalue weighted by Crippen LogP contribution is 2.45. The van der Waals surface area contributed by atoms with Gasteiger partial charge < -0.3 is 0 Å². The predicted molar refractivity (Wildman–Crippen MR) is 152 cm³/mol. The Morgan fingerprint density at radius 2 is 1.25 bits per heavy atom. The van der Waals surface area contributed by atoms with Crippen LogP contribution >= 0.6 is 22.9 Å². The van der Waals surface area contributed by atoms with Gasteiger partial charge in [-0.05, 0) is 46.1 Å². The van der Waals surface area contributed by atoms with E-state index in [0.717, 1.165) is 33.0 Å². The van der Waals surface area contributed by atoms with Crippen molar-refractivity contribution in [2.24, 2.45) is 0 Å². The maximum atomic E-state index is 6.46. The zero-order valence-electron chi connectivity index (χ0n) is 19.0. The smallest absolute Gasteiger partial charge is 0.208 e. The van der Waals surface area contributed by atoms with E-state index in [1.54, 1.807) is 0 Å². The Kier molecular flexibility index (Phi) is 5.01. The van der Waals surface area contributed by atoms with Gasteiger partial charge >= 0.3 is 0 Å². The normalized spacial score (nSPS) is 11.5. The van der Waals surface area contributed by atoms with Crippen LogP contribution in [0.5, 0.6) is 0 Å². The zero-order chi connectivity index (χ0) is 24.1. The summed E-state index contributed by atoms with van der Waals surface area (Å²) in [5.74, 6) is 1.12. The summed E-state index contributed by atoms with van der Waals surface area (Å²) in [6, 6.07) is 37.7. The molecule has 0 radical (unpaired) electrons. The number of thiophene rings is 1. The van der Waals surface area contributed by atoms with E-state index in [9.17, 15) is 0 Å². The molecule has 7 rings (SSSR count). The van der Waals surface area contributed by atoms with Gasteiger partial charge in [0.05, 0.1) is 0 Å². The number of hydrogen-bond donors (Lipinski definition) is 0. The molecule has 0 aliphatic carbocycles. The number of aromatic nitrogens is 3. The van der Waals surface area contributed by atoms with E-state index in [-0.39, 0.29) is 5.28 Å². The van der Waals surface area contributed by atoms with Crippen molar-refractivity contribution in [1.29, 1.82) is 0 Å². The first-order valence-electron chi connectivity index (χ1n) is 11.7. The molecule has 2 heterocycles. The predicted octanol–water partition coefficient (Wildman–Crippen LogP) is 9.05. The van der Waals surface area contributed by atoms with Gasteiger partial charge in [0.15, 0.2) is 11.6 Å². The first kappa shape index (κ1) is 21.2. The zero-order valence-corrected chi connectivity index (χ0v) is 20.6. The van der Waals surface area contributed by atoms with Crippen molar-refractivity contribution < 1.29 is 0 Å². The Labute approximate surface area is 216 Å². The highest BCUT2D eigenvalue weighted by Gasteiger charge is 2.19. The third-order valence-electron chi connectivity index (χ3n) is 6.48. The molecular weight excluding hydrogens is 482 g/mol. The lowest BCUT2D eigenvalue weighted by molar-refractivity contribution is 1.07. The third-order valence-corrected chi connectivity index (χ3v) is 7.79. The van der Waals surface area contributed by atoms with Crippen LogP contribution in [0.1, 0.15) is 0 Å². The lowest BCUT2D eigenvalue weighted by atomic mass is 9.90. The van der Waals surface area contributed by atoms with Crippen LogP contribution < -0.4 is 0 Å². The molecule has 0 aliphatic heterocycles. The minimum absolute atomic E-state index is 0.178. The minimum Gasteiger partial charge on any atom is -0.208 e. The van der Waals surface area contributed by atoms with E-state index < -0.39 is 0 Å². The first-order valence-corrected chi connectivity index (χ1v) is 12.9.